The quantitative estimate of drug-likeness (QED) is 0.435. The molecule has 0 aromatic heterocycles. The van der Waals surface area contributed by atoms with E-state index in [-0.39, 0.29) is 0 Å². The highest BCUT2D eigenvalue weighted by atomic mass is 16.5. The van der Waals surface area contributed by atoms with Gasteiger partial charge in [0, 0.05) is 6.42 Å². The Hall–Kier alpha value is -0.120. The van der Waals surface area contributed by atoms with Crippen molar-refractivity contribution in [3.05, 3.63) is 0 Å². The molecule has 11 heavy (non-hydrogen) atoms. The van der Waals surface area contributed by atoms with Gasteiger partial charge in [-0.25, -0.2) is 0 Å². The molecular weight excluding hydrogens is 144 g/mol. The lowest BCUT2D eigenvalue weighted by Crippen LogP contribution is -2.61. The van der Waals surface area contributed by atoms with Crippen LogP contribution in [0.4, 0.5) is 0 Å². The Morgan fingerprint density at radius 2 is 1.55 bits per heavy atom. The van der Waals surface area contributed by atoms with Crippen LogP contribution in [0.1, 0.15) is 32.1 Å². The van der Waals surface area contributed by atoms with Gasteiger partial charge in [0.25, 0.3) is 0 Å². The second-order valence-corrected chi connectivity index (χ2v) is 4.00. The minimum Gasteiger partial charge on any atom is -0.384 e. The summed E-state index contributed by atoms with van der Waals surface area (Å²) < 4.78 is 0. The summed E-state index contributed by atoms with van der Waals surface area (Å²) in [6, 6.07) is 0. The molecule has 3 saturated carbocycles. The third-order valence-electron chi connectivity index (χ3n) is 3.25. The molecule has 0 amide bonds. The van der Waals surface area contributed by atoms with E-state index in [0.29, 0.717) is 25.2 Å². The van der Waals surface area contributed by atoms with E-state index in [2.05, 4.69) is 0 Å². The average molecular weight is 158 g/mol. The van der Waals surface area contributed by atoms with E-state index in [1.54, 1.807) is 0 Å². The molecule has 2 bridgehead atoms. The van der Waals surface area contributed by atoms with Crippen molar-refractivity contribution in [3.8, 4) is 0 Å². The summed E-state index contributed by atoms with van der Waals surface area (Å²) in [7, 11) is 0. The van der Waals surface area contributed by atoms with Gasteiger partial charge in [-0.05, 0) is 31.6 Å². The molecule has 3 N–H and O–H groups in total. The van der Waals surface area contributed by atoms with Gasteiger partial charge in [-0.1, -0.05) is 0 Å². The van der Waals surface area contributed by atoms with Gasteiger partial charge in [-0.3, -0.25) is 0 Å². The van der Waals surface area contributed by atoms with E-state index in [0.717, 1.165) is 12.8 Å². The van der Waals surface area contributed by atoms with Crippen molar-refractivity contribution in [2.45, 2.75) is 43.5 Å². The van der Waals surface area contributed by atoms with Gasteiger partial charge in [0.05, 0.1) is 0 Å². The molecule has 0 aromatic rings. The van der Waals surface area contributed by atoms with E-state index >= 15 is 0 Å². The van der Waals surface area contributed by atoms with Crippen molar-refractivity contribution in [1.29, 1.82) is 0 Å². The molecule has 0 aromatic carbocycles. The van der Waals surface area contributed by atoms with E-state index in [9.17, 15) is 15.3 Å². The highest BCUT2D eigenvalue weighted by molar-refractivity contribution is 5.02. The van der Waals surface area contributed by atoms with Gasteiger partial charge in [0.2, 0.25) is 0 Å². The first-order valence-electron chi connectivity index (χ1n) is 4.21. The summed E-state index contributed by atoms with van der Waals surface area (Å²) in [6.07, 6.45) is 3.33. The maximum Gasteiger partial charge on any atom is 0.192 e. The van der Waals surface area contributed by atoms with Crippen molar-refractivity contribution in [1.82, 2.24) is 0 Å². The van der Waals surface area contributed by atoms with Crippen LogP contribution in [0.25, 0.3) is 0 Å². The van der Waals surface area contributed by atoms with Gasteiger partial charge < -0.3 is 15.3 Å². The SMILES string of the molecule is OC1(O)CC2CCC1(O)CC2. The van der Waals surface area contributed by atoms with E-state index in [1.165, 1.54) is 0 Å². The summed E-state index contributed by atoms with van der Waals surface area (Å²) in [5, 5.41) is 28.6. The zero-order valence-electron chi connectivity index (χ0n) is 6.45. The Morgan fingerprint density at radius 1 is 1.00 bits per heavy atom. The lowest BCUT2D eigenvalue weighted by Gasteiger charge is -2.51. The summed E-state index contributed by atoms with van der Waals surface area (Å²) in [5.74, 6) is -1.40. The molecular formula is C8H14O3. The van der Waals surface area contributed by atoms with Crippen LogP contribution in [0, 0.1) is 5.92 Å². The first kappa shape index (κ1) is 7.53. The van der Waals surface area contributed by atoms with E-state index in [1.807, 2.05) is 0 Å². The normalized spacial score (nSPS) is 47.7. The Labute approximate surface area is 65.7 Å². The van der Waals surface area contributed by atoms with Crippen LogP contribution >= 0.6 is 0 Å². The topological polar surface area (TPSA) is 60.7 Å². The molecule has 64 valence electrons. The fourth-order valence-corrected chi connectivity index (χ4v) is 2.35. The average Bonchev–Trinajstić information content (AvgIpc) is 1.91. The van der Waals surface area contributed by atoms with Gasteiger partial charge in [0.1, 0.15) is 5.60 Å². The molecule has 3 nitrogen and oxygen atoms in total. The molecule has 0 aliphatic heterocycles. The number of fused-ring (bicyclic) bond motifs is 3. The summed E-state index contributed by atoms with van der Waals surface area (Å²) in [4.78, 5) is 0. The summed E-state index contributed by atoms with van der Waals surface area (Å²) >= 11 is 0. The second-order valence-electron chi connectivity index (χ2n) is 4.00. The lowest BCUT2D eigenvalue weighted by atomic mass is 9.64. The summed E-state index contributed by atoms with van der Waals surface area (Å²) in [5.41, 5.74) is -1.21. The molecule has 3 aliphatic rings. The molecule has 3 fully saturated rings. The maximum atomic E-state index is 9.75. The first-order valence-corrected chi connectivity index (χ1v) is 4.21. The first-order chi connectivity index (χ1) is 5.04. The molecule has 0 atom stereocenters. The Kier molecular flexibility index (Phi) is 1.35. The zero-order chi connectivity index (χ0) is 8.11. The Balaban J connectivity index is 2.27. The van der Waals surface area contributed by atoms with Crippen LogP contribution in [-0.4, -0.2) is 26.7 Å². The van der Waals surface area contributed by atoms with Crippen molar-refractivity contribution in [2.75, 3.05) is 0 Å². The highest BCUT2D eigenvalue weighted by Crippen LogP contribution is 2.48. The molecule has 3 rings (SSSR count). The third-order valence-corrected chi connectivity index (χ3v) is 3.25. The van der Waals surface area contributed by atoms with Crippen LogP contribution in [-0.2, 0) is 0 Å². The molecule has 0 saturated heterocycles. The van der Waals surface area contributed by atoms with Gasteiger partial charge in [-0.2, -0.15) is 0 Å². The predicted molar refractivity (Wildman–Crippen MR) is 38.7 cm³/mol. The lowest BCUT2D eigenvalue weighted by molar-refractivity contribution is -0.317. The van der Waals surface area contributed by atoms with Crippen LogP contribution < -0.4 is 0 Å². The number of hydrogen-bond acceptors (Lipinski definition) is 3. The number of hydrogen-bond donors (Lipinski definition) is 3. The van der Waals surface area contributed by atoms with Crippen LogP contribution in [0.2, 0.25) is 0 Å². The highest BCUT2D eigenvalue weighted by Gasteiger charge is 2.55. The smallest absolute Gasteiger partial charge is 0.192 e. The molecule has 0 spiro atoms. The third kappa shape index (κ3) is 0.916. The van der Waals surface area contributed by atoms with Gasteiger partial charge in [0.15, 0.2) is 5.79 Å². The number of rotatable bonds is 0. The predicted octanol–water partition coefficient (Wildman–Crippen LogP) is -0.00770. The van der Waals surface area contributed by atoms with E-state index < -0.39 is 11.4 Å². The van der Waals surface area contributed by atoms with E-state index in [4.69, 9.17) is 0 Å². The minimum atomic E-state index is -1.81. The Bertz CT molecular complexity index is 168. The van der Waals surface area contributed by atoms with Gasteiger partial charge in [-0.15, -0.1) is 0 Å². The van der Waals surface area contributed by atoms with Crippen molar-refractivity contribution in [2.24, 2.45) is 5.92 Å². The fourth-order valence-electron chi connectivity index (χ4n) is 2.35. The fraction of sp³-hybridized carbons (Fsp3) is 1.00. The molecule has 0 radical (unpaired) electrons. The summed E-state index contributed by atoms with van der Waals surface area (Å²) in [6.45, 7) is 0. The monoisotopic (exact) mass is 158 g/mol. The van der Waals surface area contributed by atoms with Crippen LogP contribution in [0.5, 0.6) is 0 Å². The van der Waals surface area contributed by atoms with Crippen molar-refractivity contribution in [3.63, 3.8) is 0 Å². The molecule has 3 aliphatic carbocycles. The van der Waals surface area contributed by atoms with Crippen molar-refractivity contribution < 1.29 is 15.3 Å². The zero-order valence-corrected chi connectivity index (χ0v) is 6.45. The molecule has 0 unspecified atom stereocenters. The van der Waals surface area contributed by atoms with Crippen LogP contribution in [0.3, 0.4) is 0 Å². The number of aliphatic hydroxyl groups is 3. The maximum absolute atomic E-state index is 9.75. The second kappa shape index (κ2) is 1.97. The minimum absolute atomic E-state index is 0.351. The molecule has 0 heterocycles. The van der Waals surface area contributed by atoms with Crippen molar-refractivity contribution >= 4 is 0 Å². The Morgan fingerprint density at radius 3 is 1.82 bits per heavy atom. The largest absolute Gasteiger partial charge is 0.384 e. The standard InChI is InChI=1S/C8H14O3/c9-7-3-1-6(2-4-7)5-8(7,10)11/h6,9-11H,1-5H2. The van der Waals surface area contributed by atoms with Crippen LogP contribution in [0.15, 0.2) is 0 Å². The van der Waals surface area contributed by atoms with Gasteiger partial charge >= 0.3 is 0 Å². The molecule has 3 heteroatoms.